The SMILES string of the molecule is COc1cc(C)c(C(=O)c2cc(C)ccc2C)cc1C. The van der Waals surface area contributed by atoms with Crippen molar-refractivity contribution in [1.29, 1.82) is 0 Å². The Morgan fingerprint density at radius 1 is 0.850 bits per heavy atom. The summed E-state index contributed by atoms with van der Waals surface area (Å²) in [6.45, 7) is 7.87. The van der Waals surface area contributed by atoms with Crippen molar-refractivity contribution in [3.05, 3.63) is 63.7 Å². The quantitative estimate of drug-likeness (QED) is 0.781. The van der Waals surface area contributed by atoms with Crippen LogP contribution in [-0.4, -0.2) is 12.9 Å². The summed E-state index contributed by atoms with van der Waals surface area (Å²) in [6.07, 6.45) is 0. The van der Waals surface area contributed by atoms with E-state index in [1.807, 2.05) is 58.0 Å². The van der Waals surface area contributed by atoms with Crippen molar-refractivity contribution in [2.24, 2.45) is 0 Å². The summed E-state index contributed by atoms with van der Waals surface area (Å²) in [5.41, 5.74) is 5.55. The molecule has 2 heteroatoms. The third-order valence-corrected chi connectivity index (χ3v) is 3.62. The van der Waals surface area contributed by atoms with E-state index in [4.69, 9.17) is 4.74 Å². The van der Waals surface area contributed by atoms with Crippen LogP contribution in [0.1, 0.15) is 38.2 Å². The Bertz CT molecular complexity index is 669. The lowest BCUT2D eigenvalue weighted by molar-refractivity contribution is 0.103. The molecule has 0 amide bonds. The first-order valence-electron chi connectivity index (χ1n) is 6.71. The van der Waals surface area contributed by atoms with Gasteiger partial charge in [-0.15, -0.1) is 0 Å². The van der Waals surface area contributed by atoms with Gasteiger partial charge in [0.25, 0.3) is 0 Å². The summed E-state index contributed by atoms with van der Waals surface area (Å²) in [5, 5.41) is 0. The molecule has 20 heavy (non-hydrogen) atoms. The summed E-state index contributed by atoms with van der Waals surface area (Å²) < 4.78 is 5.30. The molecule has 0 aliphatic rings. The Kier molecular flexibility index (Phi) is 3.93. The van der Waals surface area contributed by atoms with Crippen LogP contribution in [0.2, 0.25) is 0 Å². The number of methoxy groups -OCH3 is 1. The smallest absolute Gasteiger partial charge is 0.193 e. The van der Waals surface area contributed by atoms with E-state index in [0.29, 0.717) is 0 Å². The molecule has 0 N–H and O–H groups in total. The average Bonchev–Trinajstić information content (AvgIpc) is 2.42. The van der Waals surface area contributed by atoms with Crippen LogP contribution in [0.4, 0.5) is 0 Å². The van der Waals surface area contributed by atoms with Crippen LogP contribution in [0.5, 0.6) is 5.75 Å². The maximum absolute atomic E-state index is 12.8. The molecule has 0 aliphatic heterocycles. The zero-order valence-corrected chi connectivity index (χ0v) is 12.7. The second kappa shape index (κ2) is 5.49. The van der Waals surface area contributed by atoms with Gasteiger partial charge in [0, 0.05) is 11.1 Å². The van der Waals surface area contributed by atoms with Crippen molar-refractivity contribution in [1.82, 2.24) is 0 Å². The van der Waals surface area contributed by atoms with Crippen LogP contribution in [0.3, 0.4) is 0 Å². The largest absolute Gasteiger partial charge is 0.496 e. The molecule has 0 bridgehead atoms. The lowest BCUT2D eigenvalue weighted by atomic mass is 9.93. The number of carbonyl (C=O) groups is 1. The van der Waals surface area contributed by atoms with E-state index < -0.39 is 0 Å². The van der Waals surface area contributed by atoms with Crippen molar-refractivity contribution in [2.75, 3.05) is 7.11 Å². The van der Waals surface area contributed by atoms with Gasteiger partial charge in [0.2, 0.25) is 0 Å². The second-order valence-electron chi connectivity index (χ2n) is 5.28. The van der Waals surface area contributed by atoms with Crippen molar-refractivity contribution < 1.29 is 9.53 Å². The number of benzene rings is 2. The molecule has 0 aromatic heterocycles. The lowest BCUT2D eigenvalue weighted by Gasteiger charge is -2.12. The fourth-order valence-electron chi connectivity index (χ4n) is 2.38. The van der Waals surface area contributed by atoms with Crippen LogP contribution in [0.25, 0.3) is 0 Å². The Morgan fingerprint density at radius 2 is 1.50 bits per heavy atom. The Balaban J connectivity index is 2.54. The summed E-state index contributed by atoms with van der Waals surface area (Å²) in [6, 6.07) is 9.81. The third-order valence-electron chi connectivity index (χ3n) is 3.62. The highest BCUT2D eigenvalue weighted by atomic mass is 16.5. The van der Waals surface area contributed by atoms with Gasteiger partial charge in [0.05, 0.1) is 7.11 Å². The van der Waals surface area contributed by atoms with Gasteiger partial charge in [-0.1, -0.05) is 17.7 Å². The van der Waals surface area contributed by atoms with E-state index in [1.54, 1.807) is 7.11 Å². The normalized spacial score (nSPS) is 10.4. The Hall–Kier alpha value is -2.09. The average molecular weight is 268 g/mol. The number of ketones is 1. The van der Waals surface area contributed by atoms with Crippen molar-refractivity contribution >= 4 is 5.78 Å². The predicted molar refractivity (Wildman–Crippen MR) is 81.8 cm³/mol. The standard InChI is InChI=1S/C18H20O2/c1-11-6-7-12(2)15(8-11)18(19)16-9-14(4)17(20-5)10-13(16)3/h6-10H,1-5H3. The third kappa shape index (κ3) is 2.60. The molecule has 0 saturated carbocycles. The summed E-state index contributed by atoms with van der Waals surface area (Å²) >= 11 is 0. The van der Waals surface area contributed by atoms with Gasteiger partial charge in [-0.05, 0) is 62.6 Å². The van der Waals surface area contributed by atoms with E-state index in [9.17, 15) is 4.79 Å². The molecule has 0 atom stereocenters. The number of hydrogen-bond acceptors (Lipinski definition) is 2. The van der Waals surface area contributed by atoms with Gasteiger partial charge in [-0.3, -0.25) is 4.79 Å². The first-order chi connectivity index (χ1) is 9.43. The predicted octanol–water partition coefficient (Wildman–Crippen LogP) is 4.16. The fraction of sp³-hybridized carbons (Fsp3) is 0.278. The van der Waals surface area contributed by atoms with Crippen LogP contribution in [0.15, 0.2) is 30.3 Å². The second-order valence-corrected chi connectivity index (χ2v) is 5.28. The minimum atomic E-state index is 0.0782. The molecule has 0 saturated heterocycles. The molecule has 0 aliphatic carbocycles. The maximum Gasteiger partial charge on any atom is 0.193 e. The Labute approximate surface area is 120 Å². The molecule has 0 heterocycles. The highest BCUT2D eigenvalue weighted by Crippen LogP contribution is 2.25. The van der Waals surface area contributed by atoms with Crippen molar-refractivity contribution in [3.8, 4) is 5.75 Å². The zero-order valence-electron chi connectivity index (χ0n) is 12.7. The summed E-state index contributed by atoms with van der Waals surface area (Å²) in [7, 11) is 1.65. The van der Waals surface area contributed by atoms with Crippen LogP contribution in [-0.2, 0) is 0 Å². The van der Waals surface area contributed by atoms with Crippen LogP contribution < -0.4 is 4.74 Å². The first kappa shape index (κ1) is 14.3. The van der Waals surface area contributed by atoms with Gasteiger partial charge in [0.15, 0.2) is 5.78 Å². The van der Waals surface area contributed by atoms with Crippen molar-refractivity contribution in [2.45, 2.75) is 27.7 Å². The monoisotopic (exact) mass is 268 g/mol. The number of rotatable bonds is 3. The van der Waals surface area contributed by atoms with Gasteiger partial charge < -0.3 is 4.74 Å². The molecule has 0 unspecified atom stereocenters. The molecule has 104 valence electrons. The van der Waals surface area contributed by atoms with Crippen LogP contribution in [0, 0.1) is 27.7 Å². The van der Waals surface area contributed by atoms with E-state index in [-0.39, 0.29) is 5.78 Å². The molecule has 2 aromatic rings. The van der Waals surface area contributed by atoms with Gasteiger partial charge in [-0.2, -0.15) is 0 Å². The highest BCUT2D eigenvalue weighted by Gasteiger charge is 2.16. The number of carbonyl (C=O) groups excluding carboxylic acids is 1. The molecule has 0 radical (unpaired) electrons. The van der Waals surface area contributed by atoms with Gasteiger partial charge >= 0.3 is 0 Å². The molecule has 2 nitrogen and oxygen atoms in total. The zero-order chi connectivity index (χ0) is 14.9. The summed E-state index contributed by atoms with van der Waals surface area (Å²) in [5.74, 6) is 0.898. The maximum atomic E-state index is 12.8. The number of ether oxygens (including phenoxy) is 1. The summed E-state index contributed by atoms with van der Waals surface area (Å²) in [4.78, 5) is 12.8. The minimum absolute atomic E-state index is 0.0782. The topological polar surface area (TPSA) is 26.3 Å². The Morgan fingerprint density at radius 3 is 2.15 bits per heavy atom. The molecular formula is C18H20O2. The van der Waals surface area contributed by atoms with E-state index >= 15 is 0 Å². The molecule has 0 fully saturated rings. The first-order valence-corrected chi connectivity index (χ1v) is 6.71. The minimum Gasteiger partial charge on any atom is -0.496 e. The molecule has 2 rings (SSSR count). The fourth-order valence-corrected chi connectivity index (χ4v) is 2.38. The van der Waals surface area contributed by atoms with Crippen molar-refractivity contribution in [3.63, 3.8) is 0 Å². The van der Waals surface area contributed by atoms with E-state index in [0.717, 1.165) is 39.1 Å². The van der Waals surface area contributed by atoms with Gasteiger partial charge in [0.1, 0.15) is 5.75 Å². The molecular weight excluding hydrogens is 248 g/mol. The van der Waals surface area contributed by atoms with Crippen LogP contribution >= 0.6 is 0 Å². The number of hydrogen-bond donors (Lipinski definition) is 0. The molecule has 2 aromatic carbocycles. The molecule has 0 spiro atoms. The lowest BCUT2D eigenvalue weighted by Crippen LogP contribution is -2.07. The van der Waals surface area contributed by atoms with Gasteiger partial charge in [-0.25, -0.2) is 0 Å². The van der Waals surface area contributed by atoms with E-state index in [1.165, 1.54) is 0 Å². The number of aryl methyl sites for hydroxylation is 4. The highest BCUT2D eigenvalue weighted by molar-refractivity contribution is 6.11. The van der Waals surface area contributed by atoms with E-state index in [2.05, 4.69) is 0 Å².